The molecule has 2 amide bonds. The number of amides is 2. The molecule has 11 heteroatoms. The number of carbonyl (C=O) groups is 2. The van der Waals surface area contributed by atoms with E-state index in [2.05, 4.69) is 21.8 Å². The molecule has 1 fully saturated rings. The third kappa shape index (κ3) is 5.92. The number of halogens is 2. The molecule has 0 aliphatic carbocycles. The first-order valence-electron chi connectivity index (χ1n) is 11.9. The Morgan fingerprint density at radius 1 is 1.16 bits per heavy atom. The fourth-order valence-corrected chi connectivity index (χ4v) is 4.42. The molecule has 2 aliphatic rings. The van der Waals surface area contributed by atoms with Gasteiger partial charge in [0.1, 0.15) is 11.9 Å². The average molecular weight is 561 g/mol. The Bertz CT molecular complexity index is 1290. The Morgan fingerprint density at radius 3 is 2.66 bits per heavy atom. The van der Waals surface area contributed by atoms with Gasteiger partial charge in [0, 0.05) is 31.0 Å². The number of aryl methyl sites for hydroxylation is 1. The number of aliphatic hydroxyl groups is 2. The van der Waals surface area contributed by atoms with Gasteiger partial charge in [0.15, 0.2) is 0 Å². The maximum Gasteiger partial charge on any atom is 0.287 e. The van der Waals surface area contributed by atoms with Gasteiger partial charge < -0.3 is 20.3 Å². The molecule has 1 saturated heterocycles. The highest BCUT2D eigenvalue weighted by atomic mass is 35.5. The van der Waals surface area contributed by atoms with Crippen LogP contribution in [0.1, 0.15) is 30.6 Å². The third-order valence-corrected chi connectivity index (χ3v) is 6.58. The standard InChI is InChI=1S/C27H28N4O5.2ClH/c1-27(35)25(33)30-31(26(27)34)21-6-2-4-17(13-21)18-8-10-24-19(12-18)7-9-22(36-24)15-29-16-23(32)20-5-3-11-28-14-20;;/h2-6,8,10-14,22-23,29,32,35H,7,9,15-16H2,1H3,(H,30,33);2*1H/t22-,23+,27?;;/m0../s1. The number of hydrogen-bond donors (Lipinski definition) is 4. The molecule has 38 heavy (non-hydrogen) atoms. The number of hydrazine groups is 1. The highest BCUT2D eigenvalue weighted by molar-refractivity contribution is 6.20. The number of carbonyl (C=O) groups excluding carboxylic acids is 2. The maximum absolute atomic E-state index is 12.4. The second-order valence-electron chi connectivity index (χ2n) is 9.27. The van der Waals surface area contributed by atoms with Crippen molar-refractivity contribution in [1.29, 1.82) is 0 Å². The van der Waals surface area contributed by atoms with E-state index in [1.54, 1.807) is 36.7 Å². The van der Waals surface area contributed by atoms with Crippen LogP contribution < -0.4 is 20.5 Å². The number of pyridine rings is 1. The quantitative estimate of drug-likeness (QED) is 0.327. The Kier molecular flexibility index (Phi) is 9.35. The van der Waals surface area contributed by atoms with Gasteiger partial charge in [0.25, 0.3) is 11.8 Å². The summed E-state index contributed by atoms with van der Waals surface area (Å²) in [5, 5.41) is 24.8. The lowest BCUT2D eigenvalue weighted by Gasteiger charge is -2.27. The number of aromatic nitrogens is 1. The summed E-state index contributed by atoms with van der Waals surface area (Å²) in [5.41, 5.74) is 4.52. The molecule has 2 aromatic carbocycles. The Labute approximate surface area is 233 Å². The normalized spacial score (nSPS) is 20.9. The molecule has 4 N–H and O–H groups in total. The lowest BCUT2D eigenvalue weighted by atomic mass is 9.96. The van der Waals surface area contributed by atoms with Crippen LogP contribution in [0.2, 0.25) is 0 Å². The number of ether oxygens (including phenoxy) is 1. The number of hydrogen-bond acceptors (Lipinski definition) is 7. The Hall–Kier alpha value is -3.21. The molecule has 2 aliphatic heterocycles. The van der Waals surface area contributed by atoms with Crippen LogP contribution in [0, 0.1) is 0 Å². The van der Waals surface area contributed by atoms with Crippen LogP contribution >= 0.6 is 24.8 Å². The molecule has 3 heterocycles. The number of rotatable bonds is 7. The van der Waals surface area contributed by atoms with Crippen molar-refractivity contribution in [3.8, 4) is 16.9 Å². The molecule has 0 bridgehead atoms. The predicted molar refractivity (Wildman–Crippen MR) is 147 cm³/mol. The summed E-state index contributed by atoms with van der Waals surface area (Å²) in [5.74, 6) is -0.630. The fraction of sp³-hybridized carbons (Fsp3) is 0.296. The van der Waals surface area contributed by atoms with Crippen molar-refractivity contribution >= 4 is 42.3 Å². The first kappa shape index (κ1) is 29.3. The number of fused-ring (bicyclic) bond motifs is 1. The van der Waals surface area contributed by atoms with Crippen LogP contribution in [0.4, 0.5) is 5.69 Å². The smallest absolute Gasteiger partial charge is 0.287 e. The average Bonchev–Trinajstić information content (AvgIpc) is 3.11. The third-order valence-electron chi connectivity index (χ3n) is 6.58. The summed E-state index contributed by atoms with van der Waals surface area (Å²) in [6, 6.07) is 16.9. The second-order valence-corrected chi connectivity index (χ2v) is 9.27. The number of benzene rings is 2. The zero-order valence-corrected chi connectivity index (χ0v) is 22.3. The summed E-state index contributed by atoms with van der Waals surface area (Å²) < 4.78 is 6.18. The van der Waals surface area contributed by atoms with Gasteiger partial charge in [-0.05, 0) is 66.8 Å². The molecule has 0 spiro atoms. The van der Waals surface area contributed by atoms with Gasteiger partial charge in [-0.25, -0.2) is 5.01 Å². The molecule has 3 atom stereocenters. The second kappa shape index (κ2) is 12.1. The minimum absolute atomic E-state index is 0. The molecule has 202 valence electrons. The van der Waals surface area contributed by atoms with Gasteiger partial charge in [-0.2, -0.15) is 0 Å². The highest BCUT2D eigenvalue weighted by Crippen LogP contribution is 2.34. The molecule has 1 aromatic heterocycles. The van der Waals surface area contributed by atoms with E-state index >= 15 is 0 Å². The zero-order valence-electron chi connectivity index (χ0n) is 20.7. The van der Waals surface area contributed by atoms with E-state index in [0.717, 1.165) is 45.9 Å². The number of nitrogens with one attached hydrogen (secondary N) is 2. The molecule has 0 radical (unpaired) electrons. The number of aliphatic hydroxyl groups excluding tert-OH is 1. The van der Waals surface area contributed by atoms with E-state index in [0.29, 0.717) is 18.8 Å². The van der Waals surface area contributed by atoms with Crippen molar-refractivity contribution in [1.82, 2.24) is 15.7 Å². The molecule has 1 unspecified atom stereocenters. The molecule has 3 aromatic rings. The Balaban J connectivity index is 0.00000200. The monoisotopic (exact) mass is 560 g/mol. The minimum atomic E-state index is -2.08. The first-order valence-corrected chi connectivity index (χ1v) is 11.9. The van der Waals surface area contributed by atoms with Gasteiger partial charge in [0.2, 0.25) is 5.60 Å². The molecular weight excluding hydrogens is 531 g/mol. The first-order chi connectivity index (χ1) is 17.3. The van der Waals surface area contributed by atoms with Crippen molar-refractivity contribution in [3.63, 3.8) is 0 Å². The highest BCUT2D eigenvalue weighted by Gasteiger charge is 2.50. The van der Waals surface area contributed by atoms with E-state index in [1.807, 2.05) is 24.3 Å². The van der Waals surface area contributed by atoms with E-state index < -0.39 is 23.5 Å². The van der Waals surface area contributed by atoms with E-state index in [-0.39, 0.29) is 30.9 Å². The Morgan fingerprint density at radius 2 is 1.95 bits per heavy atom. The van der Waals surface area contributed by atoms with Crippen molar-refractivity contribution in [3.05, 3.63) is 78.1 Å². The van der Waals surface area contributed by atoms with E-state index in [4.69, 9.17) is 4.74 Å². The summed E-state index contributed by atoms with van der Waals surface area (Å²) in [4.78, 5) is 28.4. The lowest BCUT2D eigenvalue weighted by molar-refractivity contribution is -0.142. The summed E-state index contributed by atoms with van der Waals surface area (Å²) in [7, 11) is 0. The van der Waals surface area contributed by atoms with Crippen LogP contribution in [0.5, 0.6) is 5.75 Å². The van der Waals surface area contributed by atoms with Gasteiger partial charge in [0.05, 0.1) is 11.8 Å². The van der Waals surface area contributed by atoms with Crippen molar-refractivity contribution in [2.24, 2.45) is 0 Å². The number of anilines is 1. The van der Waals surface area contributed by atoms with Gasteiger partial charge in [-0.1, -0.05) is 24.3 Å². The van der Waals surface area contributed by atoms with Crippen LogP contribution in [0.3, 0.4) is 0 Å². The van der Waals surface area contributed by atoms with Crippen LogP contribution in [-0.4, -0.2) is 51.8 Å². The molecule has 0 saturated carbocycles. The van der Waals surface area contributed by atoms with Gasteiger partial charge >= 0.3 is 0 Å². The summed E-state index contributed by atoms with van der Waals surface area (Å²) in [6.45, 7) is 2.23. The van der Waals surface area contributed by atoms with Crippen LogP contribution in [0.15, 0.2) is 67.0 Å². The topological polar surface area (TPSA) is 124 Å². The molecule has 5 rings (SSSR count). The van der Waals surface area contributed by atoms with Crippen molar-refractivity contribution in [2.45, 2.75) is 37.6 Å². The van der Waals surface area contributed by atoms with E-state index in [9.17, 15) is 19.8 Å². The predicted octanol–water partition coefficient (Wildman–Crippen LogP) is 2.74. The van der Waals surface area contributed by atoms with E-state index in [1.165, 1.54) is 6.92 Å². The van der Waals surface area contributed by atoms with Crippen LogP contribution in [-0.2, 0) is 16.0 Å². The SMILES string of the molecule is CC1(O)C(=O)NN(c2cccc(-c3ccc4c(c3)CC[C@@H](CNC[C@@H](O)c3cccnc3)O4)c2)C1=O.Cl.Cl. The molecule has 9 nitrogen and oxygen atoms in total. The molecular formula is C27H30Cl2N4O5. The maximum atomic E-state index is 12.4. The largest absolute Gasteiger partial charge is 0.489 e. The number of nitrogens with zero attached hydrogens (tertiary/aromatic N) is 2. The lowest BCUT2D eigenvalue weighted by Crippen LogP contribution is -2.40. The van der Waals surface area contributed by atoms with Gasteiger partial charge in [-0.15, -0.1) is 24.8 Å². The van der Waals surface area contributed by atoms with Crippen LogP contribution in [0.25, 0.3) is 11.1 Å². The summed E-state index contributed by atoms with van der Waals surface area (Å²) in [6.07, 6.45) is 4.42. The summed E-state index contributed by atoms with van der Waals surface area (Å²) >= 11 is 0. The van der Waals surface area contributed by atoms with Gasteiger partial charge in [-0.3, -0.25) is 20.0 Å². The fourth-order valence-electron chi connectivity index (χ4n) is 4.42. The van der Waals surface area contributed by atoms with Crippen molar-refractivity contribution < 1.29 is 24.5 Å². The van der Waals surface area contributed by atoms with Crippen molar-refractivity contribution in [2.75, 3.05) is 18.1 Å². The minimum Gasteiger partial charge on any atom is -0.489 e. The zero-order chi connectivity index (χ0) is 25.3.